The number of thiazole rings is 1. The summed E-state index contributed by atoms with van der Waals surface area (Å²) in [6, 6.07) is 9.72. The Morgan fingerprint density at radius 1 is 1.20 bits per heavy atom. The van der Waals surface area contributed by atoms with Crippen molar-refractivity contribution in [2.24, 2.45) is 0 Å². The van der Waals surface area contributed by atoms with Crippen molar-refractivity contribution in [1.82, 2.24) is 4.98 Å². The lowest BCUT2D eigenvalue weighted by Crippen LogP contribution is -2.29. The average molecular weight is 579 g/mol. The first kappa shape index (κ1) is 29.3. The van der Waals surface area contributed by atoms with E-state index in [-0.39, 0.29) is 52.0 Å². The van der Waals surface area contributed by atoms with Crippen LogP contribution < -0.4 is 14.4 Å². The highest BCUT2D eigenvalue weighted by Gasteiger charge is 2.48. The standard InChI is InChI=1S/C30H30N2O8S/c1-6-14-39-29(37)27-17(5)31-30(41-27)32-24(19-10-13-21(33)22(15-19)38-7-2)23(26(35)28(32)36)25(34)18-8-11-20(12-9-18)40-16(3)4/h6,8-13,15-16,24,33-34H,1,7,14H2,2-5H3/b25-23+. The minimum absolute atomic E-state index is 0.00919. The number of esters is 1. The van der Waals surface area contributed by atoms with Gasteiger partial charge >= 0.3 is 11.9 Å². The summed E-state index contributed by atoms with van der Waals surface area (Å²) in [5.74, 6) is -2.36. The second kappa shape index (κ2) is 12.3. The zero-order valence-corrected chi connectivity index (χ0v) is 23.9. The number of hydrogen-bond acceptors (Lipinski definition) is 10. The lowest BCUT2D eigenvalue weighted by Gasteiger charge is -2.23. The summed E-state index contributed by atoms with van der Waals surface area (Å²) in [4.78, 5) is 45.3. The number of aromatic hydroxyl groups is 1. The molecular weight excluding hydrogens is 548 g/mol. The molecular formula is C30H30N2O8S. The molecule has 2 N–H and O–H groups in total. The third-order valence-corrected chi connectivity index (χ3v) is 7.19. The van der Waals surface area contributed by atoms with E-state index in [9.17, 15) is 24.6 Å². The van der Waals surface area contributed by atoms with Gasteiger partial charge in [0.2, 0.25) is 0 Å². The monoisotopic (exact) mass is 578 g/mol. The number of amides is 1. The van der Waals surface area contributed by atoms with E-state index in [0.717, 1.165) is 16.2 Å². The number of aromatic nitrogens is 1. The van der Waals surface area contributed by atoms with E-state index in [4.69, 9.17) is 14.2 Å². The number of phenols is 1. The van der Waals surface area contributed by atoms with E-state index in [1.165, 1.54) is 24.3 Å². The summed E-state index contributed by atoms with van der Waals surface area (Å²) in [6.07, 6.45) is 1.37. The highest BCUT2D eigenvalue weighted by Crippen LogP contribution is 2.45. The van der Waals surface area contributed by atoms with Crippen molar-refractivity contribution in [2.75, 3.05) is 18.1 Å². The van der Waals surface area contributed by atoms with Crippen LogP contribution in [0.5, 0.6) is 17.2 Å². The first-order chi connectivity index (χ1) is 19.6. The Morgan fingerprint density at radius 3 is 2.54 bits per heavy atom. The summed E-state index contributed by atoms with van der Waals surface area (Å²) in [5.41, 5.74) is 0.776. The number of rotatable bonds is 10. The molecule has 1 amide bonds. The van der Waals surface area contributed by atoms with Crippen molar-refractivity contribution < 1.29 is 38.8 Å². The normalized spacial score (nSPS) is 16.2. The molecule has 214 valence electrons. The quantitative estimate of drug-likeness (QED) is 0.108. The Kier molecular flexibility index (Phi) is 8.77. The van der Waals surface area contributed by atoms with Crippen molar-refractivity contribution >= 4 is 39.9 Å². The summed E-state index contributed by atoms with van der Waals surface area (Å²) in [6.45, 7) is 10.9. The van der Waals surface area contributed by atoms with Crippen LogP contribution in [0.15, 0.2) is 60.7 Å². The molecule has 1 atom stereocenters. The summed E-state index contributed by atoms with van der Waals surface area (Å²) in [5, 5.41) is 21.8. The highest BCUT2D eigenvalue weighted by atomic mass is 32.1. The van der Waals surface area contributed by atoms with Crippen LogP contribution in [0.1, 0.15) is 53.3 Å². The second-order valence-electron chi connectivity index (χ2n) is 9.32. The Bertz CT molecular complexity index is 1520. The Morgan fingerprint density at radius 2 is 1.90 bits per heavy atom. The second-order valence-corrected chi connectivity index (χ2v) is 10.3. The van der Waals surface area contributed by atoms with Gasteiger partial charge in [0, 0.05) is 5.56 Å². The van der Waals surface area contributed by atoms with Crippen LogP contribution >= 0.6 is 11.3 Å². The molecule has 0 spiro atoms. The van der Waals surface area contributed by atoms with Crippen molar-refractivity contribution in [3.63, 3.8) is 0 Å². The van der Waals surface area contributed by atoms with Gasteiger partial charge in [0.15, 0.2) is 16.6 Å². The SMILES string of the molecule is C=CCOC(=O)c1sc(N2C(=O)C(=O)/C(=C(/O)c3ccc(OC(C)C)cc3)C2c2ccc(O)c(OCC)c2)nc1C. The van der Waals surface area contributed by atoms with Gasteiger partial charge in [-0.15, -0.1) is 0 Å². The number of ether oxygens (including phenoxy) is 3. The van der Waals surface area contributed by atoms with Gasteiger partial charge in [0.1, 0.15) is 23.0 Å². The van der Waals surface area contributed by atoms with Gasteiger partial charge in [0.25, 0.3) is 5.78 Å². The van der Waals surface area contributed by atoms with Gasteiger partial charge in [-0.25, -0.2) is 9.78 Å². The minimum atomic E-state index is -1.15. The number of carbonyl (C=O) groups excluding carboxylic acids is 3. The lowest BCUT2D eigenvalue weighted by atomic mass is 9.95. The van der Waals surface area contributed by atoms with E-state index in [0.29, 0.717) is 17.0 Å². The molecule has 1 fully saturated rings. The van der Waals surface area contributed by atoms with Crippen LogP contribution in [-0.4, -0.2) is 52.2 Å². The molecule has 1 aliphatic heterocycles. The van der Waals surface area contributed by atoms with Crippen LogP contribution in [-0.2, 0) is 14.3 Å². The maximum atomic E-state index is 13.5. The fraction of sp³-hybridized carbons (Fsp3) is 0.267. The summed E-state index contributed by atoms with van der Waals surface area (Å²) >= 11 is 0.886. The van der Waals surface area contributed by atoms with Gasteiger partial charge in [-0.05, 0) is 69.7 Å². The number of ketones is 1. The van der Waals surface area contributed by atoms with Gasteiger partial charge in [-0.2, -0.15) is 0 Å². The third-order valence-electron chi connectivity index (χ3n) is 6.05. The predicted octanol–water partition coefficient (Wildman–Crippen LogP) is 5.31. The number of anilines is 1. The van der Waals surface area contributed by atoms with E-state index < -0.39 is 29.5 Å². The molecule has 0 radical (unpaired) electrons. The minimum Gasteiger partial charge on any atom is -0.507 e. The number of Topliss-reactive ketones (excluding diaryl/α,β-unsaturated/α-hetero) is 1. The van der Waals surface area contributed by atoms with Crippen molar-refractivity contribution in [2.45, 2.75) is 39.8 Å². The molecule has 1 aliphatic rings. The topological polar surface area (TPSA) is 135 Å². The fourth-order valence-electron chi connectivity index (χ4n) is 4.31. The molecule has 2 heterocycles. The van der Waals surface area contributed by atoms with E-state index in [2.05, 4.69) is 11.6 Å². The number of aliphatic hydroxyl groups excluding tert-OH is 1. The molecule has 0 aliphatic carbocycles. The summed E-state index contributed by atoms with van der Waals surface area (Å²) in [7, 11) is 0. The van der Waals surface area contributed by atoms with Gasteiger partial charge < -0.3 is 24.4 Å². The van der Waals surface area contributed by atoms with Crippen LogP contribution in [0.2, 0.25) is 0 Å². The van der Waals surface area contributed by atoms with E-state index in [1.54, 1.807) is 38.1 Å². The average Bonchev–Trinajstić information content (AvgIpc) is 3.44. The van der Waals surface area contributed by atoms with Crippen molar-refractivity contribution in [3.8, 4) is 17.2 Å². The zero-order chi connectivity index (χ0) is 29.8. The van der Waals surface area contributed by atoms with E-state index >= 15 is 0 Å². The van der Waals surface area contributed by atoms with Gasteiger partial charge in [-0.1, -0.05) is 30.1 Å². The summed E-state index contributed by atoms with van der Waals surface area (Å²) < 4.78 is 16.3. The molecule has 0 bridgehead atoms. The van der Waals surface area contributed by atoms with Crippen LogP contribution in [0, 0.1) is 6.92 Å². The lowest BCUT2D eigenvalue weighted by molar-refractivity contribution is -0.132. The predicted molar refractivity (Wildman–Crippen MR) is 154 cm³/mol. The maximum Gasteiger partial charge on any atom is 0.350 e. The number of nitrogens with zero attached hydrogens (tertiary/aromatic N) is 2. The zero-order valence-electron chi connectivity index (χ0n) is 23.0. The molecule has 3 aromatic rings. The first-order valence-corrected chi connectivity index (χ1v) is 13.7. The number of aryl methyl sites for hydroxylation is 1. The molecule has 10 nitrogen and oxygen atoms in total. The fourth-order valence-corrected chi connectivity index (χ4v) is 5.30. The van der Waals surface area contributed by atoms with Gasteiger partial charge in [-0.3, -0.25) is 14.5 Å². The number of carbonyl (C=O) groups is 3. The first-order valence-electron chi connectivity index (χ1n) is 12.9. The molecule has 41 heavy (non-hydrogen) atoms. The number of phenolic OH excluding ortho intramolecular Hbond substituents is 1. The number of aliphatic hydroxyl groups is 1. The molecule has 2 aromatic carbocycles. The van der Waals surface area contributed by atoms with Gasteiger partial charge in [0.05, 0.1) is 30.0 Å². The molecule has 0 saturated carbocycles. The van der Waals surface area contributed by atoms with E-state index in [1.807, 2.05) is 13.8 Å². The molecule has 11 heteroatoms. The Balaban J connectivity index is 1.88. The third kappa shape index (κ3) is 5.94. The largest absolute Gasteiger partial charge is 0.507 e. The van der Waals surface area contributed by atoms with Crippen molar-refractivity contribution in [1.29, 1.82) is 0 Å². The number of benzene rings is 2. The molecule has 1 saturated heterocycles. The van der Waals surface area contributed by atoms with Crippen molar-refractivity contribution in [3.05, 3.63) is 82.4 Å². The molecule has 1 aromatic heterocycles. The molecule has 4 rings (SSSR count). The Labute approximate surface area is 241 Å². The van der Waals surface area contributed by atoms with Crippen LogP contribution in [0.4, 0.5) is 5.13 Å². The highest BCUT2D eigenvalue weighted by molar-refractivity contribution is 7.17. The Hall–Kier alpha value is -4.64. The van der Waals surface area contributed by atoms with Crippen LogP contribution in [0.3, 0.4) is 0 Å². The maximum absolute atomic E-state index is 13.5. The smallest absolute Gasteiger partial charge is 0.350 e. The number of hydrogen-bond donors (Lipinski definition) is 2. The molecule has 1 unspecified atom stereocenters. The van der Waals surface area contributed by atoms with Crippen LogP contribution in [0.25, 0.3) is 5.76 Å².